The van der Waals surface area contributed by atoms with E-state index in [1.54, 1.807) is 0 Å². The molecule has 3 rings (SSSR count). The maximum atomic E-state index is 12.6. The van der Waals surface area contributed by atoms with Gasteiger partial charge in [-0.15, -0.1) is 4.99 Å². The third kappa shape index (κ3) is 9.72. The van der Waals surface area contributed by atoms with Gasteiger partial charge in [-0.05, 0) is 54.8 Å². The van der Waals surface area contributed by atoms with E-state index >= 15 is 0 Å². The first-order valence-corrected chi connectivity index (χ1v) is 13.3. The fourth-order valence-electron chi connectivity index (χ4n) is 4.26. The van der Waals surface area contributed by atoms with Gasteiger partial charge in [-0.2, -0.15) is 5.26 Å². The number of benzene rings is 3. The Bertz CT molecular complexity index is 1170. The van der Waals surface area contributed by atoms with Crippen molar-refractivity contribution < 1.29 is 4.79 Å². The molecule has 0 radical (unpaired) electrons. The van der Waals surface area contributed by atoms with Crippen LogP contribution in [0.2, 0.25) is 0 Å². The summed E-state index contributed by atoms with van der Waals surface area (Å²) in [6.45, 7) is 7.67. The van der Waals surface area contributed by atoms with Crippen LogP contribution in [0.3, 0.4) is 0 Å². The molecular formula is C31H38N6O. The number of anilines is 1. The van der Waals surface area contributed by atoms with Gasteiger partial charge >= 0.3 is 0 Å². The second-order valence-corrected chi connectivity index (χ2v) is 9.08. The van der Waals surface area contributed by atoms with Crippen LogP contribution < -0.4 is 16.0 Å². The summed E-state index contributed by atoms with van der Waals surface area (Å²) in [4.78, 5) is 18.8. The summed E-state index contributed by atoms with van der Waals surface area (Å²) in [5.41, 5.74) is 4.22. The third-order valence-corrected chi connectivity index (χ3v) is 6.45. The molecule has 1 atom stereocenters. The number of nitrogens with one attached hydrogen (secondary N) is 3. The van der Waals surface area contributed by atoms with Crippen LogP contribution in [-0.4, -0.2) is 49.0 Å². The van der Waals surface area contributed by atoms with Gasteiger partial charge in [0.05, 0.1) is 0 Å². The Kier molecular flexibility index (Phi) is 11.9. The molecule has 3 aromatic carbocycles. The third-order valence-electron chi connectivity index (χ3n) is 6.45. The van der Waals surface area contributed by atoms with Crippen LogP contribution in [0.1, 0.15) is 32.3 Å². The molecule has 3 aromatic rings. The van der Waals surface area contributed by atoms with Gasteiger partial charge in [0, 0.05) is 31.2 Å². The van der Waals surface area contributed by atoms with E-state index in [9.17, 15) is 10.1 Å². The molecular weight excluding hydrogens is 472 g/mol. The molecule has 3 N–H and O–H groups in total. The molecule has 0 unspecified atom stereocenters. The second kappa shape index (κ2) is 15.9. The minimum Gasteiger partial charge on any atom is -0.355 e. The second-order valence-electron chi connectivity index (χ2n) is 9.08. The quantitative estimate of drug-likeness (QED) is 0.170. The van der Waals surface area contributed by atoms with Gasteiger partial charge in [0.1, 0.15) is 0 Å². The van der Waals surface area contributed by atoms with Crippen LogP contribution in [0.25, 0.3) is 11.1 Å². The van der Waals surface area contributed by atoms with Crippen molar-refractivity contribution >= 4 is 17.6 Å². The Morgan fingerprint density at radius 3 is 2.18 bits per heavy atom. The normalized spacial score (nSPS) is 12.0. The van der Waals surface area contributed by atoms with E-state index in [-0.39, 0.29) is 11.9 Å². The fourth-order valence-corrected chi connectivity index (χ4v) is 4.26. The van der Waals surface area contributed by atoms with Crippen LogP contribution in [-0.2, 0) is 11.2 Å². The molecule has 0 saturated heterocycles. The first-order chi connectivity index (χ1) is 18.6. The molecule has 0 saturated carbocycles. The summed E-state index contributed by atoms with van der Waals surface area (Å²) in [6.07, 6.45) is 3.57. The van der Waals surface area contributed by atoms with Gasteiger partial charge in [0.25, 0.3) is 0 Å². The van der Waals surface area contributed by atoms with Crippen molar-refractivity contribution in [3.8, 4) is 17.3 Å². The van der Waals surface area contributed by atoms with E-state index in [1.165, 1.54) is 0 Å². The maximum Gasteiger partial charge on any atom is 0.220 e. The average Bonchev–Trinajstić information content (AvgIpc) is 2.95. The smallest absolute Gasteiger partial charge is 0.220 e. The Balaban J connectivity index is 1.63. The summed E-state index contributed by atoms with van der Waals surface area (Å²) in [7, 11) is 0. The van der Waals surface area contributed by atoms with Crippen molar-refractivity contribution in [3.63, 3.8) is 0 Å². The highest BCUT2D eigenvalue weighted by Crippen LogP contribution is 2.21. The molecule has 1 amide bonds. The van der Waals surface area contributed by atoms with Crippen molar-refractivity contribution in [1.82, 2.24) is 15.5 Å². The lowest BCUT2D eigenvalue weighted by molar-refractivity contribution is -0.121. The van der Waals surface area contributed by atoms with Crippen LogP contribution >= 0.6 is 0 Å². The van der Waals surface area contributed by atoms with Crippen LogP contribution in [0.15, 0.2) is 89.9 Å². The van der Waals surface area contributed by atoms with Crippen LogP contribution in [0, 0.1) is 11.5 Å². The number of carbonyl (C=O) groups is 1. The number of aliphatic imine (C=N–C) groups is 1. The lowest BCUT2D eigenvalue weighted by atomic mass is 10.0. The number of nitriles is 1. The minimum atomic E-state index is -0.0888. The van der Waals surface area contributed by atoms with E-state index in [1.807, 2.05) is 66.9 Å². The van der Waals surface area contributed by atoms with Gasteiger partial charge in [0.2, 0.25) is 18.1 Å². The van der Waals surface area contributed by atoms with Crippen LogP contribution in [0.4, 0.5) is 5.69 Å². The standard InChI is InChI=1S/C31H38N6O/c1-3-37(4-2)22-21-33-30(38)20-19-29(23-25-11-7-5-8-12-25)36-31(34-24-32)35-28-17-15-27(16-18-28)26-13-9-6-10-14-26/h5-18,29H,3-4,19-23H2,1-2H3,(H,33,38)(H2,34,35,36)/t29-/m1/s1. The number of amides is 1. The predicted octanol–water partition coefficient (Wildman–Crippen LogP) is 5.04. The van der Waals surface area contributed by atoms with Crippen LogP contribution in [0.5, 0.6) is 0 Å². The molecule has 0 aliphatic heterocycles. The maximum absolute atomic E-state index is 12.6. The number of carbonyl (C=O) groups excluding carboxylic acids is 1. The molecule has 0 aliphatic carbocycles. The van der Waals surface area contributed by atoms with Crippen molar-refractivity contribution in [2.45, 2.75) is 39.2 Å². The molecule has 0 spiro atoms. The van der Waals surface area contributed by atoms with Crippen molar-refractivity contribution in [1.29, 1.82) is 5.26 Å². The van der Waals surface area contributed by atoms with Gasteiger partial charge in [-0.3, -0.25) is 4.79 Å². The molecule has 0 aromatic heterocycles. The van der Waals surface area contributed by atoms with E-state index in [0.29, 0.717) is 31.8 Å². The molecule has 0 heterocycles. The molecule has 198 valence electrons. The lowest BCUT2D eigenvalue weighted by Gasteiger charge is -2.22. The monoisotopic (exact) mass is 510 g/mol. The summed E-state index contributed by atoms with van der Waals surface area (Å²) in [5.74, 6) is 0.392. The number of guanidine groups is 1. The average molecular weight is 511 g/mol. The lowest BCUT2D eigenvalue weighted by Crippen LogP contribution is -2.41. The first-order valence-electron chi connectivity index (χ1n) is 13.3. The largest absolute Gasteiger partial charge is 0.355 e. The predicted molar refractivity (Wildman–Crippen MR) is 156 cm³/mol. The zero-order chi connectivity index (χ0) is 27.0. The van der Waals surface area contributed by atoms with E-state index in [2.05, 4.69) is 64.0 Å². The Morgan fingerprint density at radius 2 is 1.55 bits per heavy atom. The summed E-state index contributed by atoms with van der Waals surface area (Å²) >= 11 is 0. The SMILES string of the molecule is CCN(CC)CCNC(=O)CC[C@H](Cc1ccccc1)N/C(=N/C#N)Nc1ccc(-c2ccccc2)cc1. The Labute approximate surface area is 226 Å². The fraction of sp³-hybridized carbons (Fsp3) is 0.323. The van der Waals surface area contributed by atoms with Gasteiger partial charge < -0.3 is 20.9 Å². The number of likely N-dealkylation sites (N-methyl/N-ethyl adjacent to an activating group) is 1. The van der Waals surface area contributed by atoms with E-state index < -0.39 is 0 Å². The van der Waals surface area contributed by atoms with E-state index in [0.717, 1.165) is 42.0 Å². The molecule has 7 heteroatoms. The van der Waals surface area contributed by atoms with Crippen molar-refractivity contribution in [3.05, 3.63) is 90.5 Å². The summed E-state index contributed by atoms with van der Waals surface area (Å²) < 4.78 is 0. The Morgan fingerprint density at radius 1 is 0.921 bits per heavy atom. The summed E-state index contributed by atoms with van der Waals surface area (Å²) in [6, 6.07) is 28.2. The number of nitrogens with zero attached hydrogens (tertiary/aromatic N) is 3. The number of rotatable bonds is 13. The zero-order valence-corrected chi connectivity index (χ0v) is 22.4. The highest BCUT2D eigenvalue weighted by Gasteiger charge is 2.15. The van der Waals surface area contributed by atoms with Gasteiger partial charge in [-0.25, -0.2) is 0 Å². The zero-order valence-electron chi connectivity index (χ0n) is 22.4. The first kappa shape index (κ1) is 28.4. The van der Waals surface area contributed by atoms with E-state index in [4.69, 9.17) is 0 Å². The topological polar surface area (TPSA) is 92.6 Å². The van der Waals surface area contributed by atoms with Gasteiger partial charge in [-0.1, -0.05) is 86.6 Å². The molecule has 0 bridgehead atoms. The molecule has 7 nitrogen and oxygen atoms in total. The Hall–Kier alpha value is -4.15. The number of hydrogen-bond acceptors (Lipinski definition) is 4. The molecule has 0 fully saturated rings. The highest BCUT2D eigenvalue weighted by molar-refractivity contribution is 5.94. The highest BCUT2D eigenvalue weighted by atomic mass is 16.1. The summed E-state index contributed by atoms with van der Waals surface area (Å²) in [5, 5.41) is 19.0. The minimum absolute atomic E-state index is 0.0280. The number of hydrogen-bond donors (Lipinski definition) is 3. The van der Waals surface area contributed by atoms with Crippen molar-refractivity contribution in [2.24, 2.45) is 4.99 Å². The van der Waals surface area contributed by atoms with Gasteiger partial charge in [0.15, 0.2) is 0 Å². The van der Waals surface area contributed by atoms with Crippen molar-refractivity contribution in [2.75, 3.05) is 31.5 Å². The molecule has 0 aliphatic rings. The molecule has 38 heavy (non-hydrogen) atoms.